The van der Waals surface area contributed by atoms with Gasteiger partial charge in [0.1, 0.15) is 5.15 Å². The van der Waals surface area contributed by atoms with Gasteiger partial charge in [-0.25, -0.2) is 0 Å². The van der Waals surface area contributed by atoms with Crippen LogP contribution in [0.15, 0.2) is 0 Å². The SMILES string of the molecule is [CH2-][N+](F)(F)F. The third kappa shape index (κ3) is 184. The second kappa shape index (κ2) is 0.858. The van der Waals surface area contributed by atoms with E-state index < -0.39 is 5.15 Å². The van der Waals surface area contributed by atoms with Crippen LogP contribution >= 0.6 is 0 Å². The maximum atomic E-state index is 10.2. The van der Waals surface area contributed by atoms with Crippen LogP contribution in [-0.4, -0.2) is 5.15 Å². The van der Waals surface area contributed by atoms with Gasteiger partial charge in [0.25, 0.3) is 0 Å². The minimum Gasteiger partial charge on any atom is -0.0134 e. The van der Waals surface area contributed by atoms with Crippen LogP contribution in [0.3, 0.4) is 0 Å². The molecule has 0 aromatic rings. The predicted octanol–water partition coefficient (Wildman–Crippen LogP) is 1.25. The van der Waals surface area contributed by atoms with Crippen molar-refractivity contribution in [3.63, 3.8) is 0 Å². The standard InChI is InChI=1S/CH2F3N/c1-5(2,3)4/h1H2. The number of halogens is 3. The van der Waals surface area contributed by atoms with Crippen LogP contribution < -0.4 is 0 Å². The lowest BCUT2D eigenvalue weighted by atomic mass is 11.5. The van der Waals surface area contributed by atoms with E-state index >= 15 is 0 Å². The lowest BCUT2D eigenvalue weighted by Crippen LogP contribution is -2.03. The summed E-state index contributed by atoms with van der Waals surface area (Å²) in [6.45, 7) is 0. The zero-order valence-electron chi connectivity index (χ0n) is 2.29. The maximum Gasteiger partial charge on any atom is 0.120 e. The Balaban J connectivity index is 3.02. The van der Waals surface area contributed by atoms with Crippen LogP contribution in [0.25, 0.3) is 0 Å². The first-order chi connectivity index (χ1) is 2.00. The molecule has 0 aromatic heterocycles. The highest BCUT2D eigenvalue weighted by molar-refractivity contribution is 3.69. The van der Waals surface area contributed by atoms with Gasteiger partial charge in [-0.2, -0.15) is 0 Å². The van der Waals surface area contributed by atoms with Crippen LogP contribution in [-0.2, 0) is 0 Å². The quantitative estimate of drug-likeness (QED) is 0.306. The number of hydrogen-bond acceptors (Lipinski definition) is 0. The molecule has 0 atom stereocenters. The summed E-state index contributed by atoms with van der Waals surface area (Å²) in [6.07, 6.45) is 0. The molecule has 0 fully saturated rings. The lowest BCUT2D eigenvalue weighted by molar-refractivity contribution is -1.24. The lowest BCUT2D eigenvalue weighted by Gasteiger charge is -1.92. The summed E-state index contributed by atoms with van der Waals surface area (Å²) < 4.78 is 30.5. The molecule has 0 saturated heterocycles. The molecule has 5 heavy (non-hydrogen) atoms. The van der Waals surface area contributed by atoms with Crippen LogP contribution in [0, 0.1) is 7.05 Å². The van der Waals surface area contributed by atoms with Crippen LogP contribution in [0.1, 0.15) is 0 Å². The van der Waals surface area contributed by atoms with Crippen LogP contribution in [0.2, 0.25) is 0 Å². The van der Waals surface area contributed by atoms with Gasteiger partial charge in [0.15, 0.2) is 0 Å². The summed E-state index contributed by atoms with van der Waals surface area (Å²) in [5, 5.41) is -3.75. The Hall–Kier alpha value is -0.250. The Morgan fingerprint density at radius 3 is 1.20 bits per heavy atom. The van der Waals surface area contributed by atoms with Crippen molar-refractivity contribution in [2.75, 3.05) is 0 Å². The van der Waals surface area contributed by atoms with Crippen LogP contribution in [0.5, 0.6) is 0 Å². The average molecular weight is 85.0 g/mol. The highest BCUT2D eigenvalue weighted by Crippen LogP contribution is 2.03. The normalized spacial score (nSPS) is 12.0. The van der Waals surface area contributed by atoms with E-state index in [0.717, 1.165) is 0 Å². The Morgan fingerprint density at radius 2 is 1.20 bits per heavy atom. The van der Waals surface area contributed by atoms with Crippen molar-refractivity contribution in [1.82, 2.24) is 0 Å². The average Bonchev–Trinajstić information content (AvgIpc) is 0.722. The molecule has 0 unspecified atom stereocenters. The minimum absolute atomic E-state index is 1.71. The summed E-state index contributed by atoms with van der Waals surface area (Å²) >= 11 is 0. The van der Waals surface area contributed by atoms with E-state index in [-0.39, 0.29) is 0 Å². The highest BCUT2D eigenvalue weighted by Gasteiger charge is 2.08. The number of rotatable bonds is 0. The van der Waals surface area contributed by atoms with Crippen molar-refractivity contribution in [3.05, 3.63) is 7.05 Å². The molecule has 0 saturated carbocycles. The first-order valence-electron chi connectivity index (χ1n) is 0.823. The molecule has 4 heteroatoms. The Bertz CT molecular complexity index is 22.4. The third-order valence-electron chi connectivity index (χ3n) is 0. The summed E-state index contributed by atoms with van der Waals surface area (Å²) in [5.41, 5.74) is 0. The zero-order chi connectivity index (χ0) is 4.50. The van der Waals surface area contributed by atoms with Gasteiger partial charge in [0.05, 0.1) is 13.4 Å². The smallest absolute Gasteiger partial charge is 0.0134 e. The van der Waals surface area contributed by atoms with E-state index in [4.69, 9.17) is 0 Å². The summed E-state index contributed by atoms with van der Waals surface area (Å²) in [4.78, 5) is 0. The molecule has 0 radical (unpaired) electrons. The van der Waals surface area contributed by atoms with Gasteiger partial charge in [-0.3, -0.25) is 0 Å². The molecule has 0 aliphatic rings. The van der Waals surface area contributed by atoms with Crippen molar-refractivity contribution in [2.24, 2.45) is 0 Å². The summed E-state index contributed by atoms with van der Waals surface area (Å²) in [7, 11) is 1.71. The molecular weight excluding hydrogens is 83.0 g/mol. The molecular formula is CH2F3N. The molecule has 0 N–H and O–H groups in total. The molecule has 0 rings (SSSR count). The van der Waals surface area contributed by atoms with Gasteiger partial charge in [-0.15, -0.1) is 0 Å². The monoisotopic (exact) mass is 85.0 g/mol. The molecule has 0 bridgehead atoms. The van der Waals surface area contributed by atoms with Gasteiger partial charge in [0, 0.05) is 0 Å². The second-order valence-corrected chi connectivity index (χ2v) is 0.550. The summed E-state index contributed by atoms with van der Waals surface area (Å²) in [6, 6.07) is 0. The van der Waals surface area contributed by atoms with Gasteiger partial charge < -0.3 is 0 Å². The van der Waals surface area contributed by atoms with Gasteiger partial charge in [-0.1, -0.05) is 0 Å². The highest BCUT2D eigenvalue weighted by atomic mass is 19.6. The second-order valence-electron chi connectivity index (χ2n) is 0.550. The Kier molecular flexibility index (Phi) is 0.815. The van der Waals surface area contributed by atoms with E-state index in [1.165, 1.54) is 0 Å². The topological polar surface area (TPSA) is 0 Å². The van der Waals surface area contributed by atoms with E-state index in [0.29, 0.717) is 0 Å². The first kappa shape index (κ1) is 4.75. The molecule has 0 aromatic carbocycles. The first-order valence-corrected chi connectivity index (χ1v) is 0.823. The fraction of sp³-hybridized carbons (Fsp3) is 0. The predicted molar refractivity (Wildman–Crippen MR) is 8.94 cm³/mol. The van der Waals surface area contributed by atoms with E-state index in [9.17, 15) is 13.4 Å². The van der Waals surface area contributed by atoms with E-state index in [1.54, 1.807) is 7.05 Å². The summed E-state index contributed by atoms with van der Waals surface area (Å²) in [5.74, 6) is 0. The maximum absolute atomic E-state index is 10.2. The third-order valence-corrected chi connectivity index (χ3v) is 0. The van der Waals surface area contributed by atoms with E-state index in [1.807, 2.05) is 0 Å². The van der Waals surface area contributed by atoms with Gasteiger partial charge >= 0.3 is 0 Å². The molecule has 1 nitrogen and oxygen atoms in total. The van der Waals surface area contributed by atoms with Gasteiger partial charge in [-0.05, 0) is 7.05 Å². The Morgan fingerprint density at radius 1 is 1.20 bits per heavy atom. The molecule has 0 amide bonds. The number of quaternary nitrogens is 1. The number of nitrogens with zero attached hydrogens (tertiary/aromatic N) is 1. The van der Waals surface area contributed by atoms with Gasteiger partial charge in [0.2, 0.25) is 0 Å². The molecule has 32 valence electrons. The van der Waals surface area contributed by atoms with Crippen molar-refractivity contribution in [2.45, 2.75) is 0 Å². The van der Waals surface area contributed by atoms with E-state index in [2.05, 4.69) is 0 Å². The molecule has 0 spiro atoms. The van der Waals surface area contributed by atoms with Crippen LogP contribution in [0.4, 0.5) is 13.4 Å². The fourth-order valence-electron chi connectivity index (χ4n) is 0. The largest absolute Gasteiger partial charge is 0.120 e. The number of hydrogen-bond donors (Lipinski definition) is 0. The zero-order valence-corrected chi connectivity index (χ0v) is 2.29. The minimum atomic E-state index is -3.75. The van der Waals surface area contributed by atoms with Crippen molar-refractivity contribution < 1.29 is 18.6 Å². The Labute approximate surface area is 27.0 Å². The van der Waals surface area contributed by atoms with Crippen molar-refractivity contribution >= 4 is 0 Å². The van der Waals surface area contributed by atoms with Crippen molar-refractivity contribution in [1.29, 1.82) is 0 Å². The molecule has 0 aliphatic carbocycles. The van der Waals surface area contributed by atoms with Crippen molar-refractivity contribution in [3.8, 4) is 0 Å². The molecule has 0 aliphatic heterocycles. The fourth-order valence-corrected chi connectivity index (χ4v) is 0. The molecule has 0 heterocycles.